The van der Waals surface area contributed by atoms with Crippen molar-refractivity contribution in [3.8, 4) is 0 Å². The highest BCUT2D eigenvalue weighted by atomic mass is 28.6. The van der Waals surface area contributed by atoms with Gasteiger partial charge >= 0.3 is 70.4 Å². The molecule has 0 amide bonds. The molecule has 6 saturated heterocycles. The Kier molecular flexibility index (Phi) is 20.4. The maximum Gasteiger partial charge on any atom is 0.516 e. The number of hydrogen-bond donors (Lipinski definition) is 0. The van der Waals surface area contributed by atoms with E-state index < -0.39 is 70.4 Å². The van der Waals surface area contributed by atoms with E-state index in [0.717, 1.165) is 0 Å². The Hall–Kier alpha value is -5.68. The number of hydrogen-bond acceptors (Lipinski definition) is 12. The van der Waals surface area contributed by atoms with Crippen LogP contribution >= 0.6 is 0 Å². The molecule has 12 nitrogen and oxygen atoms in total. The lowest BCUT2D eigenvalue weighted by molar-refractivity contribution is -0.00585. The summed E-state index contributed by atoms with van der Waals surface area (Å²) < 4.78 is 94.4. The lowest BCUT2D eigenvalue weighted by Crippen LogP contribution is -2.94. The molecule has 8 bridgehead atoms. The molecule has 1 aliphatic carbocycles. The average Bonchev–Trinajstić information content (AvgIpc) is 3.63. The molecule has 0 radical (unpaired) electrons. The van der Waals surface area contributed by atoms with Gasteiger partial charge in [-0.1, -0.05) is 224 Å². The molecule has 6 heterocycles. The Morgan fingerprint density at radius 1 is 0.295 bits per heavy atom. The van der Waals surface area contributed by atoms with Crippen LogP contribution < -0.4 is 31.1 Å². The van der Waals surface area contributed by atoms with Crippen LogP contribution in [0.5, 0.6) is 0 Å². The lowest BCUT2D eigenvalue weighted by Gasteiger charge is -2.62. The van der Waals surface area contributed by atoms with Crippen LogP contribution in [-0.2, 0) is 49.4 Å². The second-order valence-electron chi connectivity index (χ2n) is 17.4. The molecule has 0 N–H and O–H groups in total. The van der Waals surface area contributed by atoms with E-state index in [1.54, 1.807) is 49.1 Å². The Morgan fingerprint density at radius 3 is 0.679 bits per heavy atom. The van der Waals surface area contributed by atoms with Crippen LogP contribution in [0.3, 0.4) is 0 Å². The molecule has 78 heavy (non-hydrogen) atoms. The Morgan fingerprint density at radius 2 is 0.487 bits per heavy atom. The van der Waals surface area contributed by atoms with Gasteiger partial charge in [-0.3, -0.25) is 0 Å². The fraction of sp³-hybridized carbons (Fsp3) is 0.103. The van der Waals surface area contributed by atoms with E-state index in [0.29, 0.717) is 36.3 Å². The molecule has 0 saturated carbocycles. The van der Waals surface area contributed by atoms with Crippen molar-refractivity contribution < 1.29 is 49.4 Å². The van der Waals surface area contributed by atoms with E-state index in [-0.39, 0.29) is 0 Å². The van der Waals surface area contributed by atoms with Gasteiger partial charge in [-0.15, -0.1) is 32.9 Å². The summed E-state index contributed by atoms with van der Waals surface area (Å²) in [6.45, 7) is 28.1. The summed E-state index contributed by atoms with van der Waals surface area (Å²) in [7, 11) is -36.7. The zero-order valence-corrected chi connectivity index (χ0v) is 52.9. The molecule has 6 fully saturated rings. The molecule has 4 atom stereocenters. The molecule has 7 aliphatic rings. The van der Waals surface area contributed by atoms with Gasteiger partial charge in [-0.05, 0) is 52.8 Å². The fourth-order valence-electron chi connectivity index (χ4n) is 8.45. The van der Waals surface area contributed by atoms with Gasteiger partial charge < -0.3 is 49.4 Å². The van der Waals surface area contributed by atoms with Crippen LogP contribution in [0, 0.1) is 0 Å². The van der Waals surface area contributed by atoms with Crippen LogP contribution in [0.2, 0.25) is 6.55 Å². The Bertz CT molecular complexity index is 2970. The van der Waals surface area contributed by atoms with Crippen molar-refractivity contribution in [2.45, 2.75) is 41.2 Å². The summed E-state index contributed by atoms with van der Waals surface area (Å²) in [4.78, 5) is 0. The quantitative estimate of drug-likeness (QED) is 0.0864. The van der Waals surface area contributed by atoms with Gasteiger partial charge in [-0.2, -0.15) is 0 Å². The van der Waals surface area contributed by atoms with Crippen LogP contribution in [-0.4, -0.2) is 70.4 Å². The van der Waals surface area contributed by atoms with Crippen molar-refractivity contribution in [3.05, 3.63) is 280 Å². The van der Waals surface area contributed by atoms with E-state index in [4.69, 9.17) is 49.4 Å². The second kappa shape index (κ2) is 26.5. The minimum Gasteiger partial charge on any atom is -0.370 e. The molecule has 6 aromatic rings. The van der Waals surface area contributed by atoms with Gasteiger partial charge in [0.05, 0.1) is 0 Å². The van der Waals surface area contributed by atoms with Crippen molar-refractivity contribution >= 4 is 102 Å². The van der Waals surface area contributed by atoms with Crippen molar-refractivity contribution in [2.24, 2.45) is 0 Å². The van der Waals surface area contributed by atoms with E-state index >= 15 is 0 Å². The predicted octanol–water partition coefficient (Wildman–Crippen LogP) is 9.14. The summed E-state index contributed by atoms with van der Waals surface area (Å²) in [6.07, 6.45) is 14.1. The first kappa shape index (κ1) is 60.0. The van der Waals surface area contributed by atoms with Crippen molar-refractivity contribution in [1.29, 1.82) is 0 Å². The molecular formula is C58H66O12Si8. The SMILES string of the molecule is C=CC.C=CC.C=CC.C=CC.C=CC.C[Si]12O[Si]3(c4ccccc4)O[Si]4(C5=CC=C=C=C5)O[Si](c5ccccc5)(O1)O[Si]1(c5ccccc5)O[Si](c5ccccc5)(O2)O[Si](c2ccccc2)(O3)O[Si](c2ccccc2)(O4)O1. The zero-order chi connectivity index (χ0) is 55.8. The molecule has 0 spiro atoms. The van der Waals surface area contributed by atoms with E-state index in [2.05, 4.69) is 44.4 Å². The lowest BCUT2D eigenvalue weighted by atomic mass is 10.4. The topological polar surface area (TPSA) is 111 Å². The molecule has 6 aliphatic heterocycles. The third-order valence-electron chi connectivity index (χ3n) is 11.2. The normalized spacial score (nSPS) is 30.0. The highest BCUT2D eigenvalue weighted by molar-refractivity contribution is 7.13. The summed E-state index contributed by atoms with van der Waals surface area (Å²) >= 11 is 0. The van der Waals surface area contributed by atoms with Gasteiger partial charge in [0.2, 0.25) is 0 Å². The molecule has 4 unspecified atom stereocenters. The van der Waals surface area contributed by atoms with Crippen LogP contribution in [0.15, 0.2) is 280 Å². The highest BCUT2D eigenvalue weighted by Crippen LogP contribution is 2.49. The third kappa shape index (κ3) is 12.5. The standard InChI is InChI=1S/C43H36O12Si8.5C3H6/c1-56-44-57(37-23-9-2-10-24-37)47-60(40-29-15-5-16-30-40)49-58(45-56,38-25-11-3-12-26-38)51-62(42-33-19-7-20-34-42)52-59(46-56,39-27-13-4-14-28-39)50-61(48-57,41-31-17-6-18-32-41)54-63(53-60,55-62)43-35-21-8-22-36-43;5*1-3-2/h2-6,8-19,21-36H,1H3;5*3H,1H2,2H3. The molecule has 13 rings (SSSR count). The number of allylic oxidation sites excluding steroid dienone is 9. The summed E-state index contributed by atoms with van der Waals surface area (Å²) in [5.41, 5.74) is 6.17. The Balaban J connectivity index is 0.000000532. The average molecular weight is 1180 g/mol. The maximum absolute atomic E-state index is 7.98. The smallest absolute Gasteiger partial charge is 0.370 e. The number of benzene rings is 6. The van der Waals surface area contributed by atoms with Crippen molar-refractivity contribution in [2.75, 3.05) is 0 Å². The maximum atomic E-state index is 7.98. The van der Waals surface area contributed by atoms with Crippen LogP contribution in [0.25, 0.3) is 0 Å². The van der Waals surface area contributed by atoms with Crippen molar-refractivity contribution in [3.63, 3.8) is 0 Å². The van der Waals surface area contributed by atoms with Crippen molar-refractivity contribution in [1.82, 2.24) is 0 Å². The first-order valence-corrected chi connectivity index (χ1v) is 39.6. The molecule has 20 heteroatoms. The third-order valence-corrected chi connectivity index (χ3v) is 45.4. The molecule has 0 aromatic heterocycles. The first-order chi connectivity index (χ1) is 37.8. The Labute approximate surface area is 469 Å². The fourth-order valence-corrected chi connectivity index (χ4v) is 54.1. The molecule has 402 valence electrons. The summed E-state index contributed by atoms with van der Waals surface area (Å²) in [6, 6.07) is 57.3. The van der Waals surface area contributed by atoms with Gasteiger partial charge in [0, 0.05) is 42.9 Å². The minimum absolute atomic E-state index is 0.499. The van der Waals surface area contributed by atoms with Gasteiger partial charge in [0.1, 0.15) is 0 Å². The van der Waals surface area contributed by atoms with Gasteiger partial charge in [-0.25, -0.2) is 0 Å². The zero-order valence-electron chi connectivity index (χ0n) is 44.9. The largest absolute Gasteiger partial charge is 0.516 e. The van der Waals surface area contributed by atoms with E-state index in [9.17, 15) is 0 Å². The summed E-state index contributed by atoms with van der Waals surface area (Å²) in [5, 5.41) is 3.95. The molecule has 6 aromatic carbocycles. The van der Waals surface area contributed by atoms with Crippen LogP contribution in [0.1, 0.15) is 34.6 Å². The van der Waals surface area contributed by atoms with Gasteiger partial charge in [0.15, 0.2) is 0 Å². The minimum atomic E-state index is -4.69. The van der Waals surface area contributed by atoms with E-state index in [1.165, 1.54) is 0 Å². The van der Waals surface area contributed by atoms with E-state index in [1.807, 2.05) is 223 Å². The first-order valence-electron chi connectivity index (χ1n) is 25.3. The summed E-state index contributed by atoms with van der Waals surface area (Å²) in [5.74, 6) is 0. The second-order valence-corrected chi connectivity index (χ2v) is 40.8. The monoisotopic (exact) mass is 1180 g/mol. The predicted molar refractivity (Wildman–Crippen MR) is 325 cm³/mol. The van der Waals surface area contributed by atoms with Gasteiger partial charge in [0.25, 0.3) is 0 Å². The number of rotatable bonds is 7. The molecular weight excluding hydrogens is 1110 g/mol. The van der Waals surface area contributed by atoms with Crippen LogP contribution in [0.4, 0.5) is 0 Å². The highest BCUT2D eigenvalue weighted by Gasteiger charge is 2.85.